The molecule has 0 fully saturated rings. The number of aromatic nitrogens is 2. The fourth-order valence-corrected chi connectivity index (χ4v) is 2.36. The molecular weight excluding hydrogens is 255 g/mol. The Labute approximate surface area is 116 Å². The molecule has 0 amide bonds. The maximum absolute atomic E-state index is 13.4. The van der Waals surface area contributed by atoms with Gasteiger partial charge in [-0.2, -0.15) is 0 Å². The van der Waals surface area contributed by atoms with Gasteiger partial charge in [-0.25, -0.2) is 9.37 Å². The monoisotopic (exact) mass is 270 g/mol. The van der Waals surface area contributed by atoms with Crippen molar-refractivity contribution in [3.63, 3.8) is 0 Å². The lowest BCUT2D eigenvalue weighted by Gasteiger charge is -2.08. The minimum absolute atomic E-state index is 0.354. The first-order chi connectivity index (χ1) is 9.56. The summed E-state index contributed by atoms with van der Waals surface area (Å²) in [6.07, 6.45) is 0.616. The Bertz CT molecular complexity index is 760. The average Bonchev–Trinajstić information content (AvgIpc) is 2.78. The Morgan fingerprint density at radius 3 is 2.50 bits per heavy atom. The van der Waals surface area contributed by atoms with E-state index in [1.54, 1.807) is 17.4 Å². The normalized spacial score (nSPS) is 12.8. The molecule has 1 N–H and O–H groups in total. The molecule has 3 nitrogen and oxygen atoms in total. The summed E-state index contributed by atoms with van der Waals surface area (Å²) in [5.74, 6) is -0.354. The first kappa shape index (κ1) is 12.8. The molecular formula is C16H15FN2O. The van der Waals surface area contributed by atoms with Gasteiger partial charge < -0.3 is 5.11 Å². The molecule has 0 saturated carbocycles. The van der Waals surface area contributed by atoms with Gasteiger partial charge in [0, 0.05) is 11.8 Å². The first-order valence-electron chi connectivity index (χ1n) is 6.49. The van der Waals surface area contributed by atoms with Crippen LogP contribution in [0, 0.1) is 12.7 Å². The van der Waals surface area contributed by atoms with Crippen molar-refractivity contribution >= 4 is 5.65 Å². The van der Waals surface area contributed by atoms with Crippen molar-refractivity contribution in [3.05, 3.63) is 59.7 Å². The van der Waals surface area contributed by atoms with E-state index in [2.05, 4.69) is 4.98 Å². The van der Waals surface area contributed by atoms with Gasteiger partial charge >= 0.3 is 0 Å². The molecule has 102 valence electrons. The van der Waals surface area contributed by atoms with Crippen molar-refractivity contribution in [3.8, 4) is 11.3 Å². The molecule has 0 aliphatic heterocycles. The van der Waals surface area contributed by atoms with Crippen LogP contribution >= 0.6 is 0 Å². The summed E-state index contributed by atoms with van der Waals surface area (Å²) in [5, 5.41) is 10.0. The molecule has 3 rings (SSSR count). The molecule has 2 aromatic heterocycles. The van der Waals surface area contributed by atoms with Crippen LogP contribution in [0.5, 0.6) is 0 Å². The molecule has 0 radical (unpaired) electrons. The van der Waals surface area contributed by atoms with Crippen molar-refractivity contribution in [2.45, 2.75) is 20.0 Å². The Hall–Kier alpha value is -2.20. The van der Waals surface area contributed by atoms with Crippen molar-refractivity contribution in [2.75, 3.05) is 0 Å². The van der Waals surface area contributed by atoms with Crippen molar-refractivity contribution in [1.82, 2.24) is 9.38 Å². The molecule has 0 spiro atoms. The third kappa shape index (κ3) is 2.08. The number of aryl methyl sites for hydroxylation is 1. The predicted molar refractivity (Wildman–Crippen MR) is 76.0 cm³/mol. The Kier molecular flexibility index (Phi) is 3.03. The summed E-state index contributed by atoms with van der Waals surface area (Å²) in [5.41, 5.74) is 3.98. The minimum atomic E-state index is -0.733. The van der Waals surface area contributed by atoms with Gasteiger partial charge in [0.15, 0.2) is 0 Å². The fraction of sp³-hybridized carbons (Fsp3) is 0.188. The Balaban J connectivity index is 2.29. The SMILES string of the molecule is Cc1ccc(-c2nc3ccc(F)cn3c2C(C)O)cc1. The van der Waals surface area contributed by atoms with E-state index in [4.69, 9.17) is 0 Å². The standard InChI is InChI=1S/C16H15FN2O/c1-10-3-5-12(6-4-10)15-16(11(2)20)19-9-13(17)7-8-14(19)18-15/h3-9,11,20H,1-2H3. The lowest BCUT2D eigenvalue weighted by Crippen LogP contribution is -2.00. The predicted octanol–water partition coefficient (Wildman–Crippen LogP) is 3.50. The van der Waals surface area contributed by atoms with E-state index in [0.717, 1.165) is 11.1 Å². The molecule has 0 bridgehead atoms. The number of fused-ring (bicyclic) bond motifs is 1. The number of aliphatic hydroxyl groups is 1. The van der Waals surface area contributed by atoms with Crippen molar-refractivity contribution in [2.24, 2.45) is 0 Å². The molecule has 2 heterocycles. The van der Waals surface area contributed by atoms with Crippen molar-refractivity contribution in [1.29, 1.82) is 0 Å². The zero-order valence-corrected chi connectivity index (χ0v) is 11.3. The van der Waals surface area contributed by atoms with Crippen LogP contribution in [0.15, 0.2) is 42.6 Å². The van der Waals surface area contributed by atoms with Gasteiger partial charge in [-0.3, -0.25) is 4.40 Å². The van der Waals surface area contributed by atoms with E-state index in [0.29, 0.717) is 17.0 Å². The number of pyridine rings is 1. The lowest BCUT2D eigenvalue weighted by molar-refractivity contribution is 0.194. The number of hydrogen-bond acceptors (Lipinski definition) is 2. The Morgan fingerprint density at radius 1 is 1.15 bits per heavy atom. The van der Waals surface area contributed by atoms with Gasteiger partial charge in [0.25, 0.3) is 0 Å². The number of halogens is 1. The molecule has 1 atom stereocenters. The molecule has 4 heteroatoms. The summed E-state index contributed by atoms with van der Waals surface area (Å²) < 4.78 is 15.0. The summed E-state index contributed by atoms with van der Waals surface area (Å²) in [4.78, 5) is 4.51. The van der Waals surface area contributed by atoms with E-state index in [9.17, 15) is 9.50 Å². The molecule has 1 unspecified atom stereocenters. The summed E-state index contributed by atoms with van der Waals surface area (Å²) in [7, 11) is 0. The number of imidazole rings is 1. The number of hydrogen-bond donors (Lipinski definition) is 1. The summed E-state index contributed by atoms with van der Waals surface area (Å²) >= 11 is 0. The second-order valence-corrected chi connectivity index (χ2v) is 4.96. The molecule has 20 heavy (non-hydrogen) atoms. The highest BCUT2D eigenvalue weighted by molar-refractivity contribution is 5.67. The van der Waals surface area contributed by atoms with Gasteiger partial charge in [0.2, 0.25) is 0 Å². The second kappa shape index (κ2) is 4.72. The minimum Gasteiger partial charge on any atom is -0.387 e. The van der Waals surface area contributed by atoms with Crippen LogP contribution in [-0.2, 0) is 0 Å². The van der Waals surface area contributed by atoms with E-state index < -0.39 is 6.10 Å². The van der Waals surface area contributed by atoms with Crippen LogP contribution in [0.4, 0.5) is 4.39 Å². The molecule has 0 aliphatic rings. The van der Waals surface area contributed by atoms with Crippen LogP contribution in [0.3, 0.4) is 0 Å². The lowest BCUT2D eigenvalue weighted by atomic mass is 10.1. The van der Waals surface area contributed by atoms with Gasteiger partial charge in [0.1, 0.15) is 11.5 Å². The third-order valence-electron chi connectivity index (χ3n) is 3.34. The maximum Gasteiger partial charge on any atom is 0.139 e. The van der Waals surface area contributed by atoms with E-state index >= 15 is 0 Å². The van der Waals surface area contributed by atoms with Crippen LogP contribution < -0.4 is 0 Å². The quantitative estimate of drug-likeness (QED) is 0.774. The highest BCUT2D eigenvalue weighted by atomic mass is 19.1. The van der Waals surface area contributed by atoms with Gasteiger partial charge in [-0.05, 0) is 26.0 Å². The van der Waals surface area contributed by atoms with Gasteiger partial charge in [-0.1, -0.05) is 29.8 Å². The number of nitrogens with zero attached hydrogens (tertiary/aromatic N) is 2. The molecule has 1 aromatic carbocycles. The van der Waals surface area contributed by atoms with Gasteiger partial charge in [-0.15, -0.1) is 0 Å². The number of benzene rings is 1. The molecule has 0 aliphatic carbocycles. The third-order valence-corrected chi connectivity index (χ3v) is 3.34. The summed E-state index contributed by atoms with van der Waals surface area (Å²) in [6.45, 7) is 3.67. The van der Waals surface area contributed by atoms with Crippen LogP contribution in [0.1, 0.15) is 24.3 Å². The van der Waals surface area contributed by atoms with E-state index in [1.165, 1.54) is 12.3 Å². The van der Waals surface area contributed by atoms with Gasteiger partial charge in [0.05, 0.1) is 17.5 Å². The highest BCUT2D eigenvalue weighted by Gasteiger charge is 2.18. The average molecular weight is 270 g/mol. The molecule has 0 saturated heterocycles. The number of aliphatic hydroxyl groups excluding tert-OH is 1. The number of rotatable bonds is 2. The zero-order chi connectivity index (χ0) is 14.3. The zero-order valence-electron chi connectivity index (χ0n) is 11.3. The van der Waals surface area contributed by atoms with Crippen LogP contribution in [-0.4, -0.2) is 14.5 Å². The topological polar surface area (TPSA) is 37.5 Å². The first-order valence-corrected chi connectivity index (χ1v) is 6.49. The van der Waals surface area contributed by atoms with Crippen LogP contribution in [0.25, 0.3) is 16.9 Å². The molecule has 3 aromatic rings. The highest BCUT2D eigenvalue weighted by Crippen LogP contribution is 2.29. The summed E-state index contributed by atoms with van der Waals surface area (Å²) in [6, 6.07) is 10.9. The van der Waals surface area contributed by atoms with Crippen molar-refractivity contribution < 1.29 is 9.50 Å². The smallest absolute Gasteiger partial charge is 0.139 e. The van der Waals surface area contributed by atoms with Crippen LogP contribution in [0.2, 0.25) is 0 Å². The largest absolute Gasteiger partial charge is 0.387 e. The van der Waals surface area contributed by atoms with E-state index in [1.807, 2.05) is 31.2 Å². The van der Waals surface area contributed by atoms with E-state index in [-0.39, 0.29) is 5.82 Å². The maximum atomic E-state index is 13.4. The second-order valence-electron chi connectivity index (χ2n) is 4.96. The Morgan fingerprint density at radius 2 is 1.85 bits per heavy atom. The fourth-order valence-electron chi connectivity index (χ4n) is 2.36.